The van der Waals surface area contributed by atoms with Gasteiger partial charge in [0.05, 0.1) is 4.75 Å². The smallest absolute Gasteiger partial charge is 0.212 e. The molecule has 0 N–H and O–H groups in total. The Labute approximate surface area is 98.6 Å². The van der Waals surface area contributed by atoms with Crippen LogP contribution in [-0.2, 0) is 10.0 Å². The van der Waals surface area contributed by atoms with Crippen LogP contribution in [0.3, 0.4) is 0 Å². The van der Waals surface area contributed by atoms with Gasteiger partial charge in [-0.1, -0.05) is 25.5 Å². The molecule has 0 saturated heterocycles. The molecule has 0 aromatic heterocycles. The van der Waals surface area contributed by atoms with Gasteiger partial charge in [0.15, 0.2) is 0 Å². The molecule has 2 rings (SSSR count). The lowest BCUT2D eigenvalue weighted by Crippen LogP contribution is -2.41. The molecule has 4 heteroatoms. The van der Waals surface area contributed by atoms with Crippen LogP contribution in [0.5, 0.6) is 0 Å². The highest BCUT2D eigenvalue weighted by Gasteiger charge is 2.52. The van der Waals surface area contributed by atoms with Gasteiger partial charge in [0, 0.05) is 13.1 Å². The van der Waals surface area contributed by atoms with Gasteiger partial charge in [-0.2, -0.15) is 4.31 Å². The minimum Gasteiger partial charge on any atom is -0.212 e. The van der Waals surface area contributed by atoms with Crippen LogP contribution in [0.4, 0.5) is 0 Å². The van der Waals surface area contributed by atoms with Gasteiger partial charge in [-0.05, 0) is 32.1 Å². The van der Waals surface area contributed by atoms with Gasteiger partial charge in [-0.3, -0.25) is 0 Å². The minimum absolute atomic E-state index is 0.448. The zero-order valence-electron chi connectivity index (χ0n) is 10.4. The number of hydrogen-bond donors (Lipinski definition) is 0. The molecule has 0 radical (unpaired) electrons. The van der Waals surface area contributed by atoms with Gasteiger partial charge in [-0.15, -0.1) is 0 Å². The molecule has 1 aliphatic heterocycles. The van der Waals surface area contributed by atoms with Crippen molar-refractivity contribution in [2.45, 2.75) is 44.8 Å². The lowest BCUT2D eigenvalue weighted by Gasteiger charge is -2.29. The van der Waals surface area contributed by atoms with E-state index in [0.717, 1.165) is 19.3 Å². The second kappa shape index (κ2) is 3.84. The van der Waals surface area contributed by atoms with Crippen molar-refractivity contribution in [3.63, 3.8) is 0 Å². The van der Waals surface area contributed by atoms with Crippen LogP contribution in [0.2, 0.25) is 0 Å². The summed E-state index contributed by atoms with van der Waals surface area (Å²) in [5.74, 6) is 0.543. The maximum atomic E-state index is 12.2. The number of hydrogen-bond acceptors (Lipinski definition) is 2. The van der Waals surface area contributed by atoms with Gasteiger partial charge >= 0.3 is 0 Å². The third-order valence-electron chi connectivity index (χ3n) is 3.87. The maximum absolute atomic E-state index is 12.2. The summed E-state index contributed by atoms with van der Waals surface area (Å²) in [7, 11) is -3.05. The summed E-state index contributed by atoms with van der Waals surface area (Å²) in [6.07, 6.45) is 4.64. The van der Waals surface area contributed by atoms with Crippen LogP contribution in [0.25, 0.3) is 0 Å². The molecule has 92 valence electrons. The molecule has 0 aromatic rings. The second-order valence-electron chi connectivity index (χ2n) is 5.50. The standard InChI is InChI=1S/C12H21NO2S/c1-10(2)11-4-8-13(9-5-11)16(14,15)12(3)6-7-12/h4,10H,5-9H2,1-3H3. The van der Waals surface area contributed by atoms with Crippen LogP contribution in [0, 0.1) is 5.92 Å². The molecular formula is C12H21NO2S. The van der Waals surface area contributed by atoms with Gasteiger partial charge in [0.25, 0.3) is 0 Å². The summed E-state index contributed by atoms with van der Waals surface area (Å²) in [5, 5.41) is 0. The van der Waals surface area contributed by atoms with Crippen LogP contribution in [0.15, 0.2) is 11.6 Å². The predicted molar refractivity (Wildman–Crippen MR) is 65.7 cm³/mol. The molecule has 0 aromatic carbocycles. The molecule has 0 amide bonds. The lowest BCUT2D eigenvalue weighted by molar-refractivity contribution is 0.413. The van der Waals surface area contributed by atoms with E-state index in [0.29, 0.717) is 19.0 Å². The van der Waals surface area contributed by atoms with Crippen LogP contribution >= 0.6 is 0 Å². The van der Waals surface area contributed by atoms with Crippen LogP contribution in [0.1, 0.15) is 40.0 Å². The van der Waals surface area contributed by atoms with E-state index in [-0.39, 0.29) is 0 Å². The Balaban J connectivity index is 2.10. The Morgan fingerprint density at radius 1 is 1.38 bits per heavy atom. The van der Waals surface area contributed by atoms with Crippen molar-refractivity contribution < 1.29 is 8.42 Å². The van der Waals surface area contributed by atoms with E-state index in [2.05, 4.69) is 19.9 Å². The fourth-order valence-electron chi connectivity index (χ4n) is 2.15. The van der Waals surface area contributed by atoms with Crippen LogP contribution < -0.4 is 0 Å². The van der Waals surface area contributed by atoms with Crippen molar-refractivity contribution in [2.24, 2.45) is 5.92 Å². The molecule has 0 unspecified atom stereocenters. The first-order valence-corrected chi connectivity index (χ1v) is 7.49. The molecular weight excluding hydrogens is 222 g/mol. The lowest BCUT2D eigenvalue weighted by atomic mass is 9.98. The Morgan fingerprint density at radius 2 is 2.00 bits per heavy atom. The quantitative estimate of drug-likeness (QED) is 0.712. The molecule has 2 aliphatic rings. The van der Waals surface area contributed by atoms with E-state index in [9.17, 15) is 8.42 Å². The molecule has 1 saturated carbocycles. The van der Waals surface area contributed by atoms with Gasteiger partial charge < -0.3 is 0 Å². The first-order chi connectivity index (χ1) is 7.37. The predicted octanol–water partition coefficient (Wildman–Crippen LogP) is 2.16. The minimum atomic E-state index is -3.05. The van der Waals surface area contributed by atoms with Crippen molar-refractivity contribution in [1.29, 1.82) is 0 Å². The Bertz CT molecular complexity index is 405. The molecule has 1 fully saturated rings. The fraction of sp³-hybridized carbons (Fsp3) is 0.833. The molecule has 1 heterocycles. The third-order valence-corrected chi connectivity index (χ3v) is 6.53. The summed E-state index contributed by atoms with van der Waals surface area (Å²) in [5.41, 5.74) is 1.40. The van der Waals surface area contributed by atoms with E-state index in [1.807, 2.05) is 6.92 Å². The highest BCUT2D eigenvalue weighted by atomic mass is 32.2. The van der Waals surface area contributed by atoms with Gasteiger partial charge in [0.1, 0.15) is 0 Å². The number of sulfonamides is 1. The summed E-state index contributed by atoms with van der Waals surface area (Å²) < 4.78 is 25.7. The topological polar surface area (TPSA) is 37.4 Å². The first-order valence-electron chi connectivity index (χ1n) is 6.05. The average Bonchev–Trinajstić information content (AvgIpc) is 2.98. The molecule has 0 spiro atoms. The first kappa shape index (κ1) is 12.1. The van der Waals surface area contributed by atoms with Crippen molar-refractivity contribution in [3.05, 3.63) is 11.6 Å². The second-order valence-corrected chi connectivity index (χ2v) is 7.95. The highest BCUT2D eigenvalue weighted by molar-refractivity contribution is 7.90. The Kier molecular flexibility index (Phi) is 2.91. The monoisotopic (exact) mass is 243 g/mol. The molecule has 16 heavy (non-hydrogen) atoms. The van der Waals surface area contributed by atoms with E-state index >= 15 is 0 Å². The van der Waals surface area contributed by atoms with E-state index in [1.54, 1.807) is 4.31 Å². The summed E-state index contributed by atoms with van der Waals surface area (Å²) in [6, 6.07) is 0. The van der Waals surface area contributed by atoms with Gasteiger partial charge in [0.2, 0.25) is 10.0 Å². The zero-order valence-corrected chi connectivity index (χ0v) is 11.2. The average molecular weight is 243 g/mol. The Morgan fingerprint density at radius 3 is 2.38 bits per heavy atom. The Hall–Kier alpha value is -0.350. The van der Waals surface area contributed by atoms with Crippen LogP contribution in [-0.4, -0.2) is 30.6 Å². The summed E-state index contributed by atoms with van der Waals surface area (Å²) in [4.78, 5) is 0. The number of rotatable bonds is 3. The summed E-state index contributed by atoms with van der Waals surface area (Å²) >= 11 is 0. The van der Waals surface area contributed by atoms with E-state index < -0.39 is 14.8 Å². The molecule has 0 atom stereocenters. The molecule has 1 aliphatic carbocycles. The molecule has 3 nitrogen and oxygen atoms in total. The van der Waals surface area contributed by atoms with Gasteiger partial charge in [-0.25, -0.2) is 8.42 Å². The zero-order chi connectivity index (χ0) is 12.0. The third kappa shape index (κ3) is 1.93. The van der Waals surface area contributed by atoms with Crippen molar-refractivity contribution >= 4 is 10.0 Å². The maximum Gasteiger partial charge on any atom is 0.219 e. The normalized spacial score (nSPS) is 25.6. The number of nitrogens with zero attached hydrogens (tertiary/aromatic N) is 1. The summed E-state index contributed by atoms with van der Waals surface area (Å²) in [6.45, 7) is 7.44. The molecule has 0 bridgehead atoms. The van der Waals surface area contributed by atoms with Crippen molar-refractivity contribution in [1.82, 2.24) is 4.31 Å². The van der Waals surface area contributed by atoms with Crippen molar-refractivity contribution in [2.75, 3.05) is 13.1 Å². The SMILES string of the molecule is CC(C)C1=CCN(S(=O)(=O)C2(C)CC2)CC1. The van der Waals surface area contributed by atoms with E-state index in [4.69, 9.17) is 0 Å². The highest BCUT2D eigenvalue weighted by Crippen LogP contribution is 2.45. The van der Waals surface area contributed by atoms with E-state index in [1.165, 1.54) is 5.57 Å². The largest absolute Gasteiger partial charge is 0.219 e. The fourth-order valence-corrected chi connectivity index (χ4v) is 4.00. The van der Waals surface area contributed by atoms with Crippen molar-refractivity contribution in [3.8, 4) is 0 Å².